The third-order valence-electron chi connectivity index (χ3n) is 8.25. The molecule has 0 bridgehead atoms. The van der Waals surface area contributed by atoms with Crippen LogP contribution in [0, 0.1) is 12.8 Å². The van der Waals surface area contributed by atoms with Crippen molar-refractivity contribution in [3.05, 3.63) is 100 Å². The van der Waals surface area contributed by atoms with Crippen LogP contribution in [-0.2, 0) is 12.8 Å². The van der Waals surface area contributed by atoms with E-state index in [1.165, 1.54) is 47.1 Å². The van der Waals surface area contributed by atoms with Crippen molar-refractivity contribution in [3.8, 4) is 0 Å². The Morgan fingerprint density at radius 3 is 2.05 bits per heavy atom. The van der Waals surface area contributed by atoms with Gasteiger partial charge in [0.2, 0.25) is 0 Å². The van der Waals surface area contributed by atoms with Crippen molar-refractivity contribution in [1.82, 2.24) is 0 Å². The number of hydrogen-bond acceptors (Lipinski definition) is 3. The SMILES string of the molecule is Cc1ccccc1C1CCC(c2ccc(C(=O)C(N)CCc3cccc(CCC(C)C)c3)cc2N)CC1. The van der Waals surface area contributed by atoms with Gasteiger partial charge in [-0.05, 0) is 110 Å². The standard InChI is InChI=1S/C34H44N2O/c1-23(2)11-12-25-8-6-9-26(21-25)13-20-32(35)34(37)29-18-19-31(33(36)22-29)28-16-14-27(15-17-28)30-10-5-4-7-24(30)3/h4-10,18-19,21-23,27-28,32H,11-17,20,35-36H2,1-3H3. The summed E-state index contributed by atoms with van der Waals surface area (Å²) < 4.78 is 0. The number of aryl methyl sites for hydroxylation is 3. The first-order valence-electron chi connectivity index (χ1n) is 14.1. The van der Waals surface area contributed by atoms with Gasteiger partial charge in [-0.25, -0.2) is 0 Å². The topological polar surface area (TPSA) is 69.1 Å². The van der Waals surface area contributed by atoms with E-state index in [4.69, 9.17) is 11.5 Å². The normalized spacial score (nSPS) is 18.6. The van der Waals surface area contributed by atoms with Crippen molar-refractivity contribution in [2.24, 2.45) is 11.7 Å². The van der Waals surface area contributed by atoms with E-state index in [0.29, 0.717) is 29.7 Å². The van der Waals surface area contributed by atoms with Crippen molar-refractivity contribution in [3.63, 3.8) is 0 Å². The number of anilines is 1. The molecule has 1 saturated carbocycles. The fourth-order valence-electron chi connectivity index (χ4n) is 5.92. The molecule has 0 aromatic heterocycles. The molecule has 1 aliphatic rings. The summed E-state index contributed by atoms with van der Waals surface area (Å²) in [6, 6.07) is 22.8. The molecule has 4 rings (SSSR count). The van der Waals surface area contributed by atoms with Gasteiger partial charge in [0, 0.05) is 11.3 Å². The summed E-state index contributed by atoms with van der Waals surface area (Å²) >= 11 is 0. The predicted octanol–water partition coefficient (Wildman–Crippen LogP) is 7.75. The van der Waals surface area contributed by atoms with Gasteiger partial charge in [-0.1, -0.05) is 74.5 Å². The van der Waals surface area contributed by atoms with Crippen LogP contribution in [-0.4, -0.2) is 11.8 Å². The summed E-state index contributed by atoms with van der Waals surface area (Å²) in [5, 5.41) is 0. The van der Waals surface area contributed by atoms with Crippen LogP contribution in [0.1, 0.15) is 102 Å². The molecule has 196 valence electrons. The number of carbonyl (C=O) groups excluding carboxylic acids is 1. The highest BCUT2D eigenvalue weighted by molar-refractivity contribution is 6.00. The van der Waals surface area contributed by atoms with E-state index in [0.717, 1.165) is 31.4 Å². The van der Waals surface area contributed by atoms with E-state index >= 15 is 0 Å². The number of benzene rings is 3. The maximum atomic E-state index is 13.1. The number of nitrogen functional groups attached to an aromatic ring is 1. The van der Waals surface area contributed by atoms with Crippen molar-refractivity contribution in [2.75, 3.05) is 5.73 Å². The average Bonchev–Trinajstić information content (AvgIpc) is 2.91. The minimum Gasteiger partial charge on any atom is -0.398 e. The molecule has 4 N–H and O–H groups in total. The van der Waals surface area contributed by atoms with Gasteiger partial charge in [0.15, 0.2) is 5.78 Å². The maximum absolute atomic E-state index is 13.1. The molecule has 1 unspecified atom stereocenters. The Morgan fingerprint density at radius 1 is 0.811 bits per heavy atom. The Morgan fingerprint density at radius 2 is 1.43 bits per heavy atom. The number of carbonyl (C=O) groups is 1. The first-order valence-corrected chi connectivity index (χ1v) is 14.1. The second-order valence-corrected chi connectivity index (χ2v) is 11.5. The highest BCUT2D eigenvalue weighted by atomic mass is 16.1. The van der Waals surface area contributed by atoms with Crippen molar-refractivity contribution in [1.29, 1.82) is 0 Å². The van der Waals surface area contributed by atoms with E-state index in [1.807, 2.05) is 12.1 Å². The molecule has 0 radical (unpaired) electrons. The van der Waals surface area contributed by atoms with Crippen LogP contribution in [0.25, 0.3) is 0 Å². The molecule has 1 aliphatic carbocycles. The molecule has 0 heterocycles. The van der Waals surface area contributed by atoms with E-state index < -0.39 is 6.04 Å². The number of rotatable bonds is 10. The molecule has 0 amide bonds. The molecule has 3 heteroatoms. The lowest BCUT2D eigenvalue weighted by atomic mass is 9.75. The number of ketones is 1. The van der Waals surface area contributed by atoms with Crippen LogP contribution in [0.4, 0.5) is 5.69 Å². The zero-order valence-corrected chi connectivity index (χ0v) is 22.9. The molecule has 0 saturated heterocycles. The van der Waals surface area contributed by atoms with Gasteiger partial charge in [0.25, 0.3) is 0 Å². The molecular formula is C34H44N2O. The molecule has 3 aromatic rings. The summed E-state index contributed by atoms with van der Waals surface area (Å²) in [6.45, 7) is 6.72. The molecule has 1 fully saturated rings. The third kappa shape index (κ3) is 7.11. The minimum absolute atomic E-state index is 0.0162. The van der Waals surface area contributed by atoms with Crippen molar-refractivity contribution < 1.29 is 4.79 Å². The summed E-state index contributed by atoms with van der Waals surface area (Å²) in [6.07, 6.45) is 8.34. The van der Waals surface area contributed by atoms with Gasteiger partial charge in [-0.15, -0.1) is 0 Å². The van der Waals surface area contributed by atoms with E-state index in [-0.39, 0.29) is 5.78 Å². The molecule has 3 aromatic carbocycles. The van der Waals surface area contributed by atoms with Gasteiger partial charge < -0.3 is 11.5 Å². The largest absolute Gasteiger partial charge is 0.398 e. The first kappa shape index (κ1) is 27.1. The Balaban J connectivity index is 1.32. The monoisotopic (exact) mass is 496 g/mol. The summed E-state index contributed by atoms with van der Waals surface area (Å²) in [4.78, 5) is 13.1. The second-order valence-electron chi connectivity index (χ2n) is 11.5. The lowest BCUT2D eigenvalue weighted by Crippen LogP contribution is -2.31. The van der Waals surface area contributed by atoms with Crippen LogP contribution in [0.5, 0.6) is 0 Å². The van der Waals surface area contributed by atoms with Crippen LogP contribution in [0.15, 0.2) is 66.7 Å². The first-order chi connectivity index (χ1) is 17.8. The molecule has 1 atom stereocenters. The van der Waals surface area contributed by atoms with E-state index in [1.54, 1.807) is 0 Å². The van der Waals surface area contributed by atoms with Crippen molar-refractivity contribution >= 4 is 11.5 Å². The zero-order valence-electron chi connectivity index (χ0n) is 22.9. The molecule has 0 aliphatic heterocycles. The quantitative estimate of drug-likeness (QED) is 0.223. The highest BCUT2D eigenvalue weighted by Crippen LogP contribution is 2.42. The molecule has 37 heavy (non-hydrogen) atoms. The summed E-state index contributed by atoms with van der Waals surface area (Å²) in [5.74, 6) is 1.77. The minimum atomic E-state index is -0.519. The fourth-order valence-corrected chi connectivity index (χ4v) is 5.92. The average molecular weight is 497 g/mol. The number of nitrogens with two attached hydrogens (primary N) is 2. The Labute approximate surface area is 223 Å². The van der Waals surface area contributed by atoms with E-state index in [9.17, 15) is 4.79 Å². The van der Waals surface area contributed by atoms with Crippen LogP contribution >= 0.6 is 0 Å². The summed E-state index contributed by atoms with van der Waals surface area (Å²) in [5.41, 5.74) is 20.9. The third-order valence-corrected chi connectivity index (χ3v) is 8.25. The second kappa shape index (κ2) is 12.6. The molecule has 0 spiro atoms. The Hall–Kier alpha value is -2.91. The maximum Gasteiger partial charge on any atom is 0.179 e. The van der Waals surface area contributed by atoms with Crippen molar-refractivity contribution in [2.45, 2.75) is 90.0 Å². The van der Waals surface area contributed by atoms with Gasteiger partial charge in [-0.2, -0.15) is 0 Å². The summed E-state index contributed by atoms with van der Waals surface area (Å²) in [7, 11) is 0. The van der Waals surface area contributed by atoms with E-state index in [2.05, 4.69) is 75.4 Å². The molecule has 3 nitrogen and oxygen atoms in total. The predicted molar refractivity (Wildman–Crippen MR) is 156 cm³/mol. The molecular weight excluding hydrogens is 452 g/mol. The Bertz CT molecular complexity index is 1190. The van der Waals surface area contributed by atoms with Gasteiger partial charge >= 0.3 is 0 Å². The number of Topliss-reactive ketones (excluding diaryl/α,β-unsaturated/α-hetero) is 1. The fraction of sp³-hybridized carbons (Fsp3) is 0.441. The lowest BCUT2D eigenvalue weighted by molar-refractivity contribution is 0.0957. The Kier molecular flexibility index (Phi) is 9.21. The lowest BCUT2D eigenvalue weighted by Gasteiger charge is -2.30. The smallest absolute Gasteiger partial charge is 0.179 e. The van der Waals surface area contributed by atoms with Gasteiger partial charge in [-0.3, -0.25) is 4.79 Å². The van der Waals surface area contributed by atoms with Gasteiger partial charge in [0.05, 0.1) is 6.04 Å². The number of hydrogen-bond donors (Lipinski definition) is 2. The highest BCUT2D eigenvalue weighted by Gasteiger charge is 2.26. The zero-order chi connectivity index (χ0) is 26.4. The van der Waals surface area contributed by atoms with Crippen LogP contribution in [0.2, 0.25) is 0 Å². The van der Waals surface area contributed by atoms with Crippen LogP contribution < -0.4 is 11.5 Å². The van der Waals surface area contributed by atoms with Gasteiger partial charge in [0.1, 0.15) is 0 Å². The van der Waals surface area contributed by atoms with Crippen LogP contribution in [0.3, 0.4) is 0 Å².